The minimum absolute atomic E-state index is 0.0270. The van der Waals surface area contributed by atoms with Crippen molar-refractivity contribution in [3.05, 3.63) is 64.7 Å². The number of hydrogen-bond acceptors (Lipinski definition) is 5. The lowest BCUT2D eigenvalue weighted by Gasteiger charge is -2.32. The fraction of sp³-hybridized carbons (Fsp3) is 0.409. The molecule has 0 unspecified atom stereocenters. The first-order valence-electron chi connectivity index (χ1n) is 10.1. The van der Waals surface area contributed by atoms with Gasteiger partial charge in [0.1, 0.15) is 5.69 Å². The molecular weight excluding hydrogens is 368 g/mol. The summed E-state index contributed by atoms with van der Waals surface area (Å²) in [5, 5.41) is 14.3. The van der Waals surface area contributed by atoms with Crippen LogP contribution in [0.1, 0.15) is 19.3 Å². The Morgan fingerprint density at radius 3 is 2.48 bits per heavy atom. The van der Waals surface area contributed by atoms with E-state index in [1.54, 1.807) is 12.1 Å². The van der Waals surface area contributed by atoms with E-state index in [-0.39, 0.29) is 22.4 Å². The van der Waals surface area contributed by atoms with Crippen molar-refractivity contribution < 1.29 is 9.72 Å². The molecule has 1 fully saturated rings. The molecule has 0 bridgehead atoms. The first-order valence-corrected chi connectivity index (χ1v) is 10.1. The molecule has 7 nitrogen and oxygen atoms in total. The predicted octanol–water partition coefficient (Wildman–Crippen LogP) is 3.45. The van der Waals surface area contributed by atoms with E-state index >= 15 is 0 Å². The normalized spacial score (nSPS) is 14.4. The molecule has 1 heterocycles. The summed E-state index contributed by atoms with van der Waals surface area (Å²) in [5.74, 6) is 0.0652. The molecule has 0 spiro atoms. The zero-order valence-electron chi connectivity index (χ0n) is 16.8. The van der Waals surface area contributed by atoms with Crippen LogP contribution >= 0.6 is 0 Å². The number of nitro benzene ring substituents is 1. The van der Waals surface area contributed by atoms with E-state index in [2.05, 4.69) is 29.4 Å². The van der Waals surface area contributed by atoms with Crippen LogP contribution in [0.3, 0.4) is 0 Å². The van der Waals surface area contributed by atoms with Crippen LogP contribution in [0, 0.1) is 16.0 Å². The topological polar surface area (TPSA) is 78.7 Å². The lowest BCUT2D eigenvalue weighted by Crippen LogP contribution is -2.41. The van der Waals surface area contributed by atoms with Gasteiger partial charge in [0.25, 0.3) is 5.69 Å². The molecule has 154 valence electrons. The van der Waals surface area contributed by atoms with E-state index < -0.39 is 0 Å². The summed E-state index contributed by atoms with van der Waals surface area (Å²) in [6.07, 6.45) is 2.30. The number of hydrogen-bond donors (Lipinski definition) is 1. The van der Waals surface area contributed by atoms with E-state index in [0.29, 0.717) is 38.2 Å². The smallest absolute Gasteiger partial charge is 0.292 e. The van der Waals surface area contributed by atoms with Gasteiger partial charge in [0, 0.05) is 50.9 Å². The number of para-hydroxylation sites is 3. The van der Waals surface area contributed by atoms with E-state index in [1.807, 2.05) is 29.2 Å². The monoisotopic (exact) mass is 396 g/mol. The van der Waals surface area contributed by atoms with Crippen molar-refractivity contribution >= 4 is 23.0 Å². The summed E-state index contributed by atoms with van der Waals surface area (Å²) in [5.41, 5.74) is 1.93. The van der Waals surface area contributed by atoms with Crippen LogP contribution in [0.4, 0.5) is 17.1 Å². The Hall–Kier alpha value is -3.09. The minimum Gasteiger partial charge on any atom is -0.375 e. The van der Waals surface area contributed by atoms with Crippen molar-refractivity contribution in [3.8, 4) is 0 Å². The number of nitro groups is 1. The largest absolute Gasteiger partial charge is 0.375 e. The Morgan fingerprint density at radius 1 is 1.14 bits per heavy atom. The molecule has 1 saturated heterocycles. The summed E-state index contributed by atoms with van der Waals surface area (Å²) in [6, 6.07) is 17.0. The fourth-order valence-corrected chi connectivity index (χ4v) is 3.75. The second-order valence-electron chi connectivity index (χ2n) is 7.41. The number of piperidine rings is 1. The predicted molar refractivity (Wildman–Crippen MR) is 115 cm³/mol. The van der Waals surface area contributed by atoms with Crippen molar-refractivity contribution in [3.63, 3.8) is 0 Å². The molecule has 0 atom stereocenters. The summed E-state index contributed by atoms with van der Waals surface area (Å²) in [7, 11) is 2.05. The Labute approximate surface area is 171 Å². The van der Waals surface area contributed by atoms with E-state index in [1.165, 1.54) is 11.8 Å². The van der Waals surface area contributed by atoms with Gasteiger partial charge in [-0.05, 0) is 37.5 Å². The summed E-state index contributed by atoms with van der Waals surface area (Å²) in [4.78, 5) is 27.6. The lowest BCUT2D eigenvalue weighted by molar-refractivity contribution is -0.384. The highest BCUT2D eigenvalue weighted by molar-refractivity contribution is 5.79. The summed E-state index contributed by atoms with van der Waals surface area (Å²) in [6.45, 7) is 2.83. The zero-order valence-corrected chi connectivity index (χ0v) is 16.8. The van der Waals surface area contributed by atoms with E-state index in [4.69, 9.17) is 0 Å². The quantitative estimate of drug-likeness (QED) is 0.420. The van der Waals surface area contributed by atoms with Crippen LogP contribution in [0.5, 0.6) is 0 Å². The molecule has 0 radical (unpaired) electrons. The van der Waals surface area contributed by atoms with Gasteiger partial charge in [-0.25, -0.2) is 0 Å². The molecule has 1 aliphatic rings. The Bertz CT molecular complexity index is 820. The third kappa shape index (κ3) is 5.47. The lowest BCUT2D eigenvalue weighted by atomic mass is 9.95. The molecule has 0 aromatic heterocycles. The number of nitrogens with zero attached hydrogens (tertiary/aromatic N) is 3. The molecule has 1 N–H and O–H groups in total. The summed E-state index contributed by atoms with van der Waals surface area (Å²) < 4.78 is 0. The van der Waals surface area contributed by atoms with Crippen molar-refractivity contribution in [2.45, 2.75) is 19.3 Å². The van der Waals surface area contributed by atoms with E-state index in [9.17, 15) is 14.9 Å². The fourth-order valence-electron chi connectivity index (χ4n) is 3.75. The van der Waals surface area contributed by atoms with Crippen molar-refractivity contribution in [1.82, 2.24) is 5.32 Å². The van der Waals surface area contributed by atoms with Gasteiger partial charge < -0.3 is 15.1 Å². The highest BCUT2D eigenvalue weighted by Gasteiger charge is 2.27. The van der Waals surface area contributed by atoms with Crippen LogP contribution in [0.2, 0.25) is 0 Å². The molecule has 2 aromatic rings. The maximum Gasteiger partial charge on any atom is 0.292 e. The maximum absolute atomic E-state index is 12.5. The summed E-state index contributed by atoms with van der Waals surface area (Å²) >= 11 is 0. The zero-order chi connectivity index (χ0) is 20.6. The minimum atomic E-state index is -0.347. The van der Waals surface area contributed by atoms with Gasteiger partial charge in [-0.15, -0.1) is 0 Å². The number of carbonyl (C=O) groups is 1. The van der Waals surface area contributed by atoms with Gasteiger partial charge in [-0.3, -0.25) is 14.9 Å². The van der Waals surface area contributed by atoms with Gasteiger partial charge in [-0.2, -0.15) is 0 Å². The number of nitrogens with one attached hydrogen (secondary N) is 1. The number of amides is 1. The van der Waals surface area contributed by atoms with Crippen LogP contribution in [-0.4, -0.2) is 44.1 Å². The van der Waals surface area contributed by atoms with Crippen LogP contribution in [-0.2, 0) is 4.79 Å². The van der Waals surface area contributed by atoms with Gasteiger partial charge >= 0.3 is 0 Å². The number of carbonyl (C=O) groups excluding carboxylic acids is 1. The number of rotatable bonds is 8. The Morgan fingerprint density at radius 2 is 1.79 bits per heavy atom. The van der Waals surface area contributed by atoms with Gasteiger partial charge in [0.2, 0.25) is 5.91 Å². The van der Waals surface area contributed by atoms with Gasteiger partial charge in [0.05, 0.1) is 4.92 Å². The SMILES string of the molecule is CN(CCCNC(=O)C1CCN(c2ccccc2[N+](=O)[O-])CC1)c1ccccc1. The standard InChI is InChI=1S/C22H28N4O3/c1-24(19-8-3-2-4-9-19)15-7-14-23-22(27)18-12-16-25(17-13-18)20-10-5-6-11-21(20)26(28)29/h2-6,8-11,18H,7,12-17H2,1H3,(H,23,27). The average Bonchev–Trinajstić information content (AvgIpc) is 2.77. The number of benzene rings is 2. The van der Waals surface area contributed by atoms with E-state index in [0.717, 1.165) is 13.0 Å². The maximum atomic E-state index is 12.5. The second kappa shape index (κ2) is 9.91. The molecule has 7 heteroatoms. The number of anilines is 2. The third-order valence-electron chi connectivity index (χ3n) is 5.45. The third-order valence-corrected chi connectivity index (χ3v) is 5.45. The van der Waals surface area contributed by atoms with Gasteiger partial charge in [-0.1, -0.05) is 30.3 Å². The van der Waals surface area contributed by atoms with Crippen LogP contribution in [0.25, 0.3) is 0 Å². The van der Waals surface area contributed by atoms with Crippen LogP contribution < -0.4 is 15.1 Å². The molecule has 0 aliphatic carbocycles. The Balaban J connectivity index is 1.41. The first-order chi connectivity index (χ1) is 14.1. The van der Waals surface area contributed by atoms with Crippen molar-refractivity contribution in [2.75, 3.05) is 43.0 Å². The van der Waals surface area contributed by atoms with Crippen LogP contribution in [0.15, 0.2) is 54.6 Å². The molecule has 1 amide bonds. The second-order valence-corrected chi connectivity index (χ2v) is 7.41. The molecule has 1 aliphatic heterocycles. The Kier molecular flexibility index (Phi) is 7.05. The highest BCUT2D eigenvalue weighted by Crippen LogP contribution is 2.31. The molecular formula is C22H28N4O3. The van der Waals surface area contributed by atoms with Gasteiger partial charge in [0.15, 0.2) is 0 Å². The molecule has 2 aromatic carbocycles. The molecule has 0 saturated carbocycles. The highest BCUT2D eigenvalue weighted by atomic mass is 16.6. The van der Waals surface area contributed by atoms with Crippen molar-refractivity contribution in [1.29, 1.82) is 0 Å². The first kappa shape index (κ1) is 20.6. The molecule has 29 heavy (non-hydrogen) atoms. The van der Waals surface area contributed by atoms with Crippen molar-refractivity contribution in [2.24, 2.45) is 5.92 Å². The molecule has 3 rings (SSSR count). The average molecular weight is 396 g/mol.